The highest BCUT2D eigenvalue weighted by Crippen LogP contribution is 2.07. The fourth-order valence-corrected chi connectivity index (χ4v) is 1.83. The molecule has 0 aromatic carbocycles. The largest absolute Gasteiger partial charge is 0.383 e. The molecule has 0 bridgehead atoms. The number of carbonyl (C=O) groups is 1. The lowest BCUT2D eigenvalue weighted by Crippen LogP contribution is -2.34. The number of carbonyl (C=O) groups excluding carboxylic acids is 1. The Bertz CT molecular complexity index is 592. The molecule has 0 saturated carbocycles. The van der Waals surface area contributed by atoms with Crippen molar-refractivity contribution >= 4 is 5.91 Å². The molecule has 2 aromatic rings. The molecule has 2 rings (SSSR count). The lowest BCUT2D eigenvalue weighted by molar-refractivity contribution is 0.0671. The van der Waals surface area contributed by atoms with E-state index >= 15 is 0 Å². The monoisotopic (exact) mass is 289 g/mol. The molecule has 0 aliphatic heterocycles. The van der Waals surface area contributed by atoms with Crippen molar-refractivity contribution in [2.75, 3.05) is 20.3 Å². The molecule has 0 spiro atoms. The molecule has 6 heteroatoms. The van der Waals surface area contributed by atoms with Crippen LogP contribution in [0.1, 0.15) is 16.2 Å². The van der Waals surface area contributed by atoms with E-state index in [1.165, 1.54) is 23.1 Å². The van der Waals surface area contributed by atoms with Crippen molar-refractivity contribution < 1.29 is 13.9 Å². The molecule has 1 amide bonds. The minimum Gasteiger partial charge on any atom is -0.383 e. The first-order valence-electron chi connectivity index (χ1n) is 6.51. The summed E-state index contributed by atoms with van der Waals surface area (Å²) in [6.07, 6.45) is 1.66. The minimum absolute atomic E-state index is 0.0713. The Kier molecular flexibility index (Phi) is 5.34. The summed E-state index contributed by atoms with van der Waals surface area (Å²) in [4.78, 5) is 21.8. The van der Waals surface area contributed by atoms with Gasteiger partial charge in [0.1, 0.15) is 5.69 Å². The van der Waals surface area contributed by atoms with E-state index in [1.807, 2.05) is 12.1 Å². The first kappa shape index (κ1) is 15.1. The van der Waals surface area contributed by atoms with Crippen LogP contribution in [0.15, 0.2) is 42.6 Å². The number of methoxy groups -OCH3 is 1. The molecule has 0 aliphatic carbocycles. The van der Waals surface area contributed by atoms with Gasteiger partial charge in [0.2, 0.25) is 5.95 Å². The highest BCUT2D eigenvalue weighted by Gasteiger charge is 2.18. The van der Waals surface area contributed by atoms with E-state index in [2.05, 4.69) is 9.97 Å². The van der Waals surface area contributed by atoms with Gasteiger partial charge in [0.25, 0.3) is 5.91 Å². The van der Waals surface area contributed by atoms with Crippen LogP contribution in [0.3, 0.4) is 0 Å². The lowest BCUT2D eigenvalue weighted by atomic mass is 10.2. The molecule has 2 aromatic heterocycles. The number of pyridine rings is 2. The van der Waals surface area contributed by atoms with Gasteiger partial charge in [-0.25, -0.2) is 4.98 Å². The molecule has 0 atom stereocenters. The minimum atomic E-state index is -0.676. The van der Waals surface area contributed by atoms with Gasteiger partial charge in [0, 0.05) is 19.9 Å². The highest BCUT2D eigenvalue weighted by atomic mass is 19.1. The van der Waals surface area contributed by atoms with Gasteiger partial charge in [-0.2, -0.15) is 4.39 Å². The second kappa shape index (κ2) is 7.44. The molecule has 5 nitrogen and oxygen atoms in total. The third-order valence-electron chi connectivity index (χ3n) is 2.87. The number of hydrogen-bond donors (Lipinski definition) is 0. The van der Waals surface area contributed by atoms with Crippen LogP contribution in [-0.2, 0) is 11.3 Å². The maximum atomic E-state index is 13.2. The fourth-order valence-electron chi connectivity index (χ4n) is 1.83. The van der Waals surface area contributed by atoms with Crippen LogP contribution in [0, 0.1) is 5.95 Å². The zero-order valence-electron chi connectivity index (χ0n) is 11.7. The summed E-state index contributed by atoms with van der Waals surface area (Å²) in [5.74, 6) is -1.03. The maximum Gasteiger partial charge on any atom is 0.272 e. The quantitative estimate of drug-likeness (QED) is 0.762. The predicted molar refractivity (Wildman–Crippen MR) is 75.0 cm³/mol. The second-order valence-electron chi connectivity index (χ2n) is 4.39. The number of nitrogens with zero attached hydrogens (tertiary/aromatic N) is 3. The molecular formula is C15H16FN3O2. The van der Waals surface area contributed by atoms with E-state index in [4.69, 9.17) is 4.74 Å². The summed E-state index contributed by atoms with van der Waals surface area (Å²) in [6.45, 7) is 1.08. The Hall–Kier alpha value is -2.34. The summed E-state index contributed by atoms with van der Waals surface area (Å²) in [5, 5.41) is 0. The van der Waals surface area contributed by atoms with Crippen molar-refractivity contribution in [1.82, 2.24) is 14.9 Å². The summed E-state index contributed by atoms with van der Waals surface area (Å²) >= 11 is 0. The molecule has 0 fully saturated rings. The molecule has 2 heterocycles. The van der Waals surface area contributed by atoms with Crippen molar-refractivity contribution in [3.63, 3.8) is 0 Å². The number of ether oxygens (including phenoxy) is 1. The van der Waals surface area contributed by atoms with Crippen molar-refractivity contribution in [3.05, 3.63) is 59.9 Å². The Morgan fingerprint density at radius 2 is 2.14 bits per heavy atom. The van der Waals surface area contributed by atoms with Gasteiger partial charge in [-0.1, -0.05) is 12.1 Å². The second-order valence-corrected chi connectivity index (χ2v) is 4.39. The van der Waals surface area contributed by atoms with Gasteiger partial charge in [-0.05, 0) is 24.3 Å². The standard InChI is InChI=1S/C15H16FN3O2/c1-21-10-9-19(11-12-5-2-3-8-17-12)15(20)13-6-4-7-14(16)18-13/h2-8H,9-11H2,1H3. The first-order valence-corrected chi connectivity index (χ1v) is 6.51. The van der Waals surface area contributed by atoms with Crippen molar-refractivity contribution in [1.29, 1.82) is 0 Å². The molecule has 0 N–H and O–H groups in total. The first-order chi connectivity index (χ1) is 10.2. The van der Waals surface area contributed by atoms with E-state index in [9.17, 15) is 9.18 Å². The topological polar surface area (TPSA) is 55.3 Å². The maximum absolute atomic E-state index is 13.2. The number of amides is 1. The smallest absolute Gasteiger partial charge is 0.272 e. The summed E-state index contributed by atoms with van der Waals surface area (Å²) in [5.41, 5.74) is 0.820. The molecule has 0 unspecified atom stereocenters. The summed E-state index contributed by atoms with van der Waals surface area (Å²) < 4.78 is 18.2. The Labute approximate surface area is 122 Å². The predicted octanol–water partition coefficient (Wildman–Crippen LogP) is 1.90. The average molecular weight is 289 g/mol. The van der Waals surface area contributed by atoms with Crippen molar-refractivity contribution in [2.45, 2.75) is 6.54 Å². The third kappa shape index (κ3) is 4.32. The molecule has 0 aliphatic rings. The molecule has 0 radical (unpaired) electrons. The van der Waals surface area contributed by atoms with Crippen LogP contribution in [0.5, 0.6) is 0 Å². The third-order valence-corrected chi connectivity index (χ3v) is 2.87. The number of rotatable bonds is 6. The van der Waals surface area contributed by atoms with Crippen LogP contribution in [0.2, 0.25) is 0 Å². The van der Waals surface area contributed by atoms with Crippen molar-refractivity contribution in [2.24, 2.45) is 0 Å². The van der Waals surface area contributed by atoms with Crippen LogP contribution in [-0.4, -0.2) is 41.0 Å². The molecule has 21 heavy (non-hydrogen) atoms. The van der Waals surface area contributed by atoms with Gasteiger partial charge in [0.15, 0.2) is 0 Å². The summed E-state index contributed by atoms with van der Waals surface area (Å²) in [7, 11) is 1.56. The normalized spacial score (nSPS) is 10.4. The van der Waals surface area contributed by atoms with Gasteiger partial charge >= 0.3 is 0 Å². The van der Waals surface area contributed by atoms with E-state index in [1.54, 1.807) is 19.4 Å². The lowest BCUT2D eigenvalue weighted by Gasteiger charge is -2.21. The van der Waals surface area contributed by atoms with Crippen LogP contribution in [0.25, 0.3) is 0 Å². The molecule has 0 saturated heterocycles. The van der Waals surface area contributed by atoms with E-state index in [0.29, 0.717) is 19.7 Å². The SMILES string of the molecule is COCCN(Cc1ccccn1)C(=O)c1cccc(F)n1. The van der Waals surface area contributed by atoms with Gasteiger partial charge < -0.3 is 9.64 Å². The van der Waals surface area contributed by atoms with Crippen LogP contribution >= 0.6 is 0 Å². The Morgan fingerprint density at radius 3 is 2.81 bits per heavy atom. The Balaban J connectivity index is 2.17. The number of aromatic nitrogens is 2. The Morgan fingerprint density at radius 1 is 1.29 bits per heavy atom. The summed E-state index contributed by atoms with van der Waals surface area (Å²) in [6, 6.07) is 9.64. The van der Waals surface area contributed by atoms with Crippen LogP contribution < -0.4 is 0 Å². The van der Waals surface area contributed by atoms with Gasteiger partial charge in [-0.3, -0.25) is 9.78 Å². The molecular weight excluding hydrogens is 273 g/mol. The van der Waals surface area contributed by atoms with E-state index in [-0.39, 0.29) is 11.6 Å². The van der Waals surface area contributed by atoms with E-state index < -0.39 is 5.95 Å². The number of hydrogen-bond acceptors (Lipinski definition) is 4. The van der Waals surface area contributed by atoms with Gasteiger partial charge in [-0.15, -0.1) is 0 Å². The van der Waals surface area contributed by atoms with E-state index in [0.717, 1.165) is 5.69 Å². The molecule has 110 valence electrons. The fraction of sp³-hybridized carbons (Fsp3) is 0.267. The average Bonchev–Trinajstić information content (AvgIpc) is 2.51. The van der Waals surface area contributed by atoms with Crippen LogP contribution in [0.4, 0.5) is 4.39 Å². The van der Waals surface area contributed by atoms with Gasteiger partial charge in [0.05, 0.1) is 18.8 Å². The zero-order chi connectivity index (χ0) is 15.1. The van der Waals surface area contributed by atoms with Crippen molar-refractivity contribution in [3.8, 4) is 0 Å². The highest BCUT2D eigenvalue weighted by molar-refractivity contribution is 5.92. The number of halogens is 1. The zero-order valence-corrected chi connectivity index (χ0v) is 11.7.